The summed E-state index contributed by atoms with van der Waals surface area (Å²) in [6.07, 6.45) is 0.981. The van der Waals surface area contributed by atoms with Gasteiger partial charge in [-0.2, -0.15) is 0 Å². The molecule has 20 heavy (non-hydrogen) atoms. The van der Waals surface area contributed by atoms with Crippen molar-refractivity contribution in [3.05, 3.63) is 23.8 Å². The minimum Gasteiger partial charge on any atom is -0.490 e. The Morgan fingerprint density at radius 2 is 2.05 bits per heavy atom. The summed E-state index contributed by atoms with van der Waals surface area (Å²) in [6, 6.07) is 5.86. The van der Waals surface area contributed by atoms with Crippen LogP contribution in [0.3, 0.4) is 0 Å². The highest BCUT2D eigenvalue weighted by atomic mass is 16.5. The molecule has 0 atom stereocenters. The average molecular weight is 281 g/mol. The summed E-state index contributed by atoms with van der Waals surface area (Å²) in [6.45, 7) is 3.76. The highest BCUT2D eigenvalue weighted by Crippen LogP contribution is 2.28. The van der Waals surface area contributed by atoms with E-state index in [9.17, 15) is 4.79 Å². The van der Waals surface area contributed by atoms with Crippen molar-refractivity contribution in [2.45, 2.75) is 26.3 Å². The van der Waals surface area contributed by atoms with Crippen LogP contribution in [-0.2, 0) is 16.1 Å². The zero-order chi connectivity index (χ0) is 14.8. The zero-order valence-corrected chi connectivity index (χ0v) is 12.4. The Labute approximate surface area is 120 Å². The SMILES string of the molecule is CCOc1cc(CNC)ccc1OCCCC(=O)OC. The minimum atomic E-state index is -0.219. The molecule has 1 aromatic carbocycles. The van der Waals surface area contributed by atoms with Gasteiger partial charge < -0.3 is 19.5 Å². The van der Waals surface area contributed by atoms with Crippen molar-refractivity contribution in [1.29, 1.82) is 0 Å². The van der Waals surface area contributed by atoms with Gasteiger partial charge in [0.2, 0.25) is 0 Å². The second-order valence-electron chi connectivity index (χ2n) is 4.27. The summed E-state index contributed by atoms with van der Waals surface area (Å²) in [4.78, 5) is 11.0. The van der Waals surface area contributed by atoms with Gasteiger partial charge in [-0.05, 0) is 38.1 Å². The Morgan fingerprint density at radius 3 is 2.70 bits per heavy atom. The third-order valence-electron chi connectivity index (χ3n) is 2.70. The van der Waals surface area contributed by atoms with E-state index in [0.717, 1.165) is 17.9 Å². The minimum absolute atomic E-state index is 0.219. The standard InChI is InChI=1S/C15H23NO4/c1-4-19-14-10-12(11-16-2)7-8-13(14)20-9-5-6-15(17)18-3/h7-8,10,16H,4-6,9,11H2,1-3H3. The first kappa shape index (κ1) is 16.3. The molecule has 5 nitrogen and oxygen atoms in total. The zero-order valence-electron chi connectivity index (χ0n) is 12.4. The molecule has 0 saturated carbocycles. The van der Waals surface area contributed by atoms with Crippen LogP contribution in [0.4, 0.5) is 0 Å². The van der Waals surface area contributed by atoms with Gasteiger partial charge in [-0.1, -0.05) is 6.07 Å². The largest absolute Gasteiger partial charge is 0.490 e. The highest BCUT2D eigenvalue weighted by molar-refractivity contribution is 5.69. The number of carbonyl (C=O) groups excluding carboxylic acids is 1. The monoisotopic (exact) mass is 281 g/mol. The molecule has 0 spiro atoms. The van der Waals surface area contributed by atoms with Crippen LogP contribution in [0.5, 0.6) is 11.5 Å². The summed E-state index contributed by atoms with van der Waals surface area (Å²) < 4.78 is 15.8. The predicted octanol–water partition coefficient (Wildman–Crippen LogP) is 2.14. The van der Waals surface area contributed by atoms with Crippen molar-refractivity contribution in [3.63, 3.8) is 0 Å². The highest BCUT2D eigenvalue weighted by Gasteiger charge is 2.07. The lowest BCUT2D eigenvalue weighted by atomic mass is 10.2. The van der Waals surface area contributed by atoms with Crippen molar-refractivity contribution in [2.24, 2.45) is 0 Å². The lowest BCUT2D eigenvalue weighted by Gasteiger charge is -2.13. The molecule has 0 aliphatic rings. The van der Waals surface area contributed by atoms with E-state index in [1.807, 2.05) is 32.2 Å². The van der Waals surface area contributed by atoms with Crippen LogP contribution < -0.4 is 14.8 Å². The Morgan fingerprint density at radius 1 is 1.25 bits per heavy atom. The van der Waals surface area contributed by atoms with Gasteiger partial charge in [0, 0.05) is 13.0 Å². The fourth-order valence-corrected chi connectivity index (χ4v) is 1.75. The van der Waals surface area contributed by atoms with E-state index >= 15 is 0 Å². The summed E-state index contributed by atoms with van der Waals surface area (Å²) in [5.74, 6) is 1.22. The van der Waals surface area contributed by atoms with Gasteiger partial charge in [0.25, 0.3) is 0 Å². The number of methoxy groups -OCH3 is 1. The molecule has 1 aromatic rings. The Balaban J connectivity index is 2.56. The van der Waals surface area contributed by atoms with Crippen LogP contribution in [0.2, 0.25) is 0 Å². The van der Waals surface area contributed by atoms with Crippen molar-refractivity contribution >= 4 is 5.97 Å². The van der Waals surface area contributed by atoms with Gasteiger partial charge in [0.15, 0.2) is 11.5 Å². The number of hydrogen-bond donors (Lipinski definition) is 1. The lowest BCUT2D eigenvalue weighted by molar-refractivity contribution is -0.140. The average Bonchev–Trinajstić information content (AvgIpc) is 2.45. The molecule has 112 valence electrons. The van der Waals surface area contributed by atoms with Crippen molar-refractivity contribution in [1.82, 2.24) is 5.32 Å². The summed E-state index contributed by atoms with van der Waals surface area (Å²) >= 11 is 0. The lowest BCUT2D eigenvalue weighted by Crippen LogP contribution is -2.07. The molecule has 1 rings (SSSR count). The molecule has 0 heterocycles. The first-order valence-electron chi connectivity index (χ1n) is 6.81. The Hall–Kier alpha value is -1.75. The van der Waals surface area contributed by atoms with Gasteiger partial charge in [-0.25, -0.2) is 0 Å². The van der Waals surface area contributed by atoms with Crippen molar-refractivity contribution < 1.29 is 19.0 Å². The third kappa shape index (κ3) is 5.48. The predicted molar refractivity (Wildman–Crippen MR) is 77.1 cm³/mol. The fraction of sp³-hybridized carbons (Fsp3) is 0.533. The normalized spacial score (nSPS) is 10.2. The molecule has 0 saturated heterocycles. The number of hydrogen-bond acceptors (Lipinski definition) is 5. The number of rotatable bonds is 9. The molecule has 0 aliphatic carbocycles. The molecule has 0 amide bonds. The van der Waals surface area contributed by atoms with Crippen LogP contribution in [0.1, 0.15) is 25.3 Å². The first-order chi connectivity index (χ1) is 9.71. The van der Waals surface area contributed by atoms with Crippen LogP contribution >= 0.6 is 0 Å². The molecule has 0 radical (unpaired) electrons. The van der Waals surface area contributed by atoms with Crippen LogP contribution in [0.25, 0.3) is 0 Å². The molecule has 5 heteroatoms. The third-order valence-corrected chi connectivity index (χ3v) is 2.70. The number of nitrogens with one attached hydrogen (secondary N) is 1. The molecule has 0 bridgehead atoms. The first-order valence-corrected chi connectivity index (χ1v) is 6.81. The van der Waals surface area contributed by atoms with Crippen LogP contribution in [0, 0.1) is 0 Å². The van der Waals surface area contributed by atoms with E-state index in [0.29, 0.717) is 31.8 Å². The Kier molecular flexibility index (Phi) is 7.50. The Bertz CT molecular complexity index is 420. The van der Waals surface area contributed by atoms with E-state index in [1.165, 1.54) is 7.11 Å². The number of benzene rings is 1. The van der Waals surface area contributed by atoms with E-state index in [4.69, 9.17) is 9.47 Å². The summed E-state index contributed by atoms with van der Waals surface area (Å²) in [5, 5.41) is 3.10. The maximum absolute atomic E-state index is 11.0. The number of ether oxygens (including phenoxy) is 3. The summed E-state index contributed by atoms with van der Waals surface area (Å²) in [7, 11) is 3.29. The summed E-state index contributed by atoms with van der Waals surface area (Å²) in [5.41, 5.74) is 1.14. The van der Waals surface area contributed by atoms with Gasteiger partial charge >= 0.3 is 5.97 Å². The van der Waals surface area contributed by atoms with Crippen LogP contribution in [-0.4, -0.2) is 33.3 Å². The van der Waals surface area contributed by atoms with Gasteiger partial charge in [-0.15, -0.1) is 0 Å². The number of carbonyl (C=O) groups is 1. The smallest absolute Gasteiger partial charge is 0.305 e. The second-order valence-corrected chi connectivity index (χ2v) is 4.27. The van der Waals surface area contributed by atoms with E-state index in [2.05, 4.69) is 10.1 Å². The molecule has 0 fully saturated rings. The van der Waals surface area contributed by atoms with Crippen LogP contribution in [0.15, 0.2) is 18.2 Å². The quantitative estimate of drug-likeness (QED) is 0.555. The van der Waals surface area contributed by atoms with E-state index < -0.39 is 0 Å². The second kappa shape index (κ2) is 9.20. The van der Waals surface area contributed by atoms with E-state index in [1.54, 1.807) is 0 Å². The fourth-order valence-electron chi connectivity index (χ4n) is 1.75. The molecule has 0 unspecified atom stereocenters. The maximum Gasteiger partial charge on any atom is 0.305 e. The molecule has 0 aliphatic heterocycles. The molecular formula is C15H23NO4. The number of esters is 1. The van der Waals surface area contributed by atoms with Crippen molar-refractivity contribution in [2.75, 3.05) is 27.4 Å². The molecule has 0 aromatic heterocycles. The molecular weight excluding hydrogens is 258 g/mol. The van der Waals surface area contributed by atoms with Gasteiger partial charge in [0.05, 0.1) is 20.3 Å². The van der Waals surface area contributed by atoms with Gasteiger partial charge in [0.1, 0.15) is 0 Å². The van der Waals surface area contributed by atoms with Crippen molar-refractivity contribution in [3.8, 4) is 11.5 Å². The maximum atomic E-state index is 11.0. The van der Waals surface area contributed by atoms with E-state index in [-0.39, 0.29) is 5.97 Å². The molecule has 1 N–H and O–H groups in total. The topological polar surface area (TPSA) is 56.8 Å². The van der Waals surface area contributed by atoms with Gasteiger partial charge in [-0.3, -0.25) is 4.79 Å².